The summed E-state index contributed by atoms with van der Waals surface area (Å²) in [6.45, 7) is 4.62. The molecule has 1 saturated heterocycles. The Bertz CT molecular complexity index is 414. The molecule has 6 heteroatoms. The summed E-state index contributed by atoms with van der Waals surface area (Å²) >= 11 is 6.12. The van der Waals surface area contributed by atoms with Crippen molar-refractivity contribution in [3.63, 3.8) is 0 Å². The number of rotatable bonds is 3. The minimum atomic E-state index is 0.140. The number of hydrogen-bond acceptors (Lipinski definition) is 5. The van der Waals surface area contributed by atoms with Crippen molar-refractivity contribution in [3.8, 4) is 6.01 Å². The standard InChI is InChI=1S/C11H17ClN4O/c1-11(6-13)3-4-16(7-11)9-8(12)5-14-10(15-9)17-2/h5H,3-4,6-7,13H2,1-2H3. The molecule has 1 aromatic rings. The van der Waals surface area contributed by atoms with Gasteiger partial charge in [-0.15, -0.1) is 0 Å². The van der Waals surface area contributed by atoms with E-state index < -0.39 is 0 Å². The first-order valence-electron chi connectivity index (χ1n) is 5.59. The van der Waals surface area contributed by atoms with Crippen molar-refractivity contribution in [2.24, 2.45) is 11.1 Å². The molecule has 0 saturated carbocycles. The van der Waals surface area contributed by atoms with E-state index in [1.807, 2.05) is 0 Å². The number of aromatic nitrogens is 2. The van der Waals surface area contributed by atoms with Gasteiger partial charge in [-0.25, -0.2) is 4.98 Å². The van der Waals surface area contributed by atoms with Crippen molar-refractivity contribution in [2.75, 3.05) is 31.6 Å². The van der Waals surface area contributed by atoms with Crippen LogP contribution in [-0.4, -0.2) is 36.7 Å². The van der Waals surface area contributed by atoms with Gasteiger partial charge in [-0.2, -0.15) is 4.98 Å². The van der Waals surface area contributed by atoms with E-state index in [9.17, 15) is 0 Å². The largest absolute Gasteiger partial charge is 0.467 e. The van der Waals surface area contributed by atoms with E-state index in [0.717, 1.165) is 25.3 Å². The first-order valence-corrected chi connectivity index (χ1v) is 5.97. The minimum absolute atomic E-state index is 0.140. The van der Waals surface area contributed by atoms with Gasteiger partial charge in [0.2, 0.25) is 0 Å². The molecule has 0 aliphatic carbocycles. The molecule has 2 N–H and O–H groups in total. The molecule has 1 fully saturated rings. The maximum atomic E-state index is 6.12. The van der Waals surface area contributed by atoms with Gasteiger partial charge in [0.15, 0.2) is 5.82 Å². The van der Waals surface area contributed by atoms with Gasteiger partial charge in [0.1, 0.15) is 5.02 Å². The second-order valence-electron chi connectivity index (χ2n) is 4.71. The van der Waals surface area contributed by atoms with Gasteiger partial charge in [0, 0.05) is 13.1 Å². The average molecular weight is 257 g/mol. The van der Waals surface area contributed by atoms with Crippen molar-refractivity contribution >= 4 is 17.4 Å². The fourth-order valence-electron chi connectivity index (χ4n) is 2.03. The molecule has 0 aromatic carbocycles. The normalized spacial score (nSPS) is 24.1. The number of halogens is 1. The highest BCUT2D eigenvalue weighted by Crippen LogP contribution is 2.34. The molecule has 0 radical (unpaired) electrons. The topological polar surface area (TPSA) is 64.3 Å². The summed E-state index contributed by atoms with van der Waals surface area (Å²) in [5, 5.41) is 0.548. The molecule has 1 aliphatic heterocycles. The highest BCUT2D eigenvalue weighted by Gasteiger charge is 2.34. The van der Waals surface area contributed by atoms with E-state index in [4.69, 9.17) is 22.1 Å². The van der Waals surface area contributed by atoms with Crippen LogP contribution in [-0.2, 0) is 0 Å². The van der Waals surface area contributed by atoms with E-state index in [-0.39, 0.29) is 5.41 Å². The minimum Gasteiger partial charge on any atom is -0.467 e. The maximum Gasteiger partial charge on any atom is 0.318 e. The fourth-order valence-corrected chi connectivity index (χ4v) is 2.24. The Balaban J connectivity index is 2.23. The molecule has 2 heterocycles. The smallest absolute Gasteiger partial charge is 0.318 e. The molecule has 1 atom stereocenters. The monoisotopic (exact) mass is 256 g/mol. The SMILES string of the molecule is COc1ncc(Cl)c(N2CCC(C)(CN)C2)n1. The summed E-state index contributed by atoms with van der Waals surface area (Å²) in [7, 11) is 1.54. The Morgan fingerprint density at radius 3 is 3.00 bits per heavy atom. The van der Waals surface area contributed by atoms with Crippen molar-refractivity contribution in [1.82, 2.24) is 9.97 Å². The lowest BCUT2D eigenvalue weighted by Gasteiger charge is -2.23. The van der Waals surface area contributed by atoms with E-state index in [0.29, 0.717) is 17.6 Å². The Morgan fingerprint density at radius 2 is 2.41 bits per heavy atom. The van der Waals surface area contributed by atoms with Crippen molar-refractivity contribution in [1.29, 1.82) is 0 Å². The van der Waals surface area contributed by atoms with E-state index in [2.05, 4.69) is 21.8 Å². The number of methoxy groups -OCH3 is 1. The van der Waals surface area contributed by atoms with Crippen LogP contribution in [0.15, 0.2) is 6.20 Å². The number of nitrogens with zero attached hydrogens (tertiary/aromatic N) is 3. The zero-order chi connectivity index (χ0) is 12.5. The Morgan fingerprint density at radius 1 is 1.65 bits per heavy atom. The van der Waals surface area contributed by atoms with Crippen LogP contribution < -0.4 is 15.4 Å². The quantitative estimate of drug-likeness (QED) is 0.884. The first-order chi connectivity index (χ1) is 8.08. The Labute approximate surface area is 106 Å². The zero-order valence-corrected chi connectivity index (χ0v) is 10.9. The zero-order valence-electron chi connectivity index (χ0n) is 10.1. The van der Waals surface area contributed by atoms with Gasteiger partial charge in [-0.1, -0.05) is 18.5 Å². The molecule has 5 nitrogen and oxygen atoms in total. The summed E-state index contributed by atoms with van der Waals surface area (Å²) in [5.41, 5.74) is 5.93. The van der Waals surface area contributed by atoms with Crippen molar-refractivity contribution in [3.05, 3.63) is 11.2 Å². The third-order valence-corrected chi connectivity index (χ3v) is 3.50. The maximum absolute atomic E-state index is 6.12. The van der Waals surface area contributed by atoms with Crippen LogP contribution in [0.2, 0.25) is 5.02 Å². The molecular formula is C11H17ClN4O. The van der Waals surface area contributed by atoms with E-state index in [1.54, 1.807) is 13.3 Å². The third-order valence-electron chi connectivity index (χ3n) is 3.24. The van der Waals surface area contributed by atoms with Gasteiger partial charge in [0.05, 0.1) is 13.3 Å². The number of nitrogens with two attached hydrogens (primary N) is 1. The number of ether oxygens (including phenoxy) is 1. The van der Waals surface area contributed by atoms with Gasteiger partial charge >= 0.3 is 6.01 Å². The van der Waals surface area contributed by atoms with Crippen LogP contribution in [0.1, 0.15) is 13.3 Å². The highest BCUT2D eigenvalue weighted by atomic mass is 35.5. The lowest BCUT2D eigenvalue weighted by atomic mass is 9.90. The average Bonchev–Trinajstić information content (AvgIpc) is 2.73. The van der Waals surface area contributed by atoms with Crippen molar-refractivity contribution < 1.29 is 4.74 Å². The van der Waals surface area contributed by atoms with Gasteiger partial charge < -0.3 is 15.4 Å². The summed E-state index contributed by atoms with van der Waals surface area (Å²) in [6, 6.07) is 0.339. The third kappa shape index (κ3) is 2.45. The van der Waals surface area contributed by atoms with Crippen LogP contribution in [0.5, 0.6) is 6.01 Å². The first kappa shape index (κ1) is 12.4. The lowest BCUT2D eigenvalue weighted by molar-refractivity contribution is 0.377. The summed E-state index contributed by atoms with van der Waals surface area (Å²) in [6.07, 6.45) is 2.62. The molecule has 1 unspecified atom stereocenters. The number of hydrogen-bond donors (Lipinski definition) is 1. The second-order valence-corrected chi connectivity index (χ2v) is 5.12. The summed E-state index contributed by atoms with van der Waals surface area (Å²) < 4.78 is 5.02. The van der Waals surface area contributed by atoms with Crippen LogP contribution in [0.3, 0.4) is 0 Å². The van der Waals surface area contributed by atoms with Crippen LogP contribution in [0.4, 0.5) is 5.82 Å². The van der Waals surface area contributed by atoms with Gasteiger partial charge in [0.25, 0.3) is 0 Å². The van der Waals surface area contributed by atoms with E-state index >= 15 is 0 Å². The molecular weight excluding hydrogens is 240 g/mol. The van der Waals surface area contributed by atoms with Crippen LogP contribution in [0, 0.1) is 5.41 Å². The van der Waals surface area contributed by atoms with Crippen LogP contribution >= 0.6 is 11.6 Å². The van der Waals surface area contributed by atoms with E-state index in [1.165, 1.54) is 0 Å². The molecule has 94 valence electrons. The molecule has 0 spiro atoms. The molecule has 1 aromatic heterocycles. The predicted molar refractivity (Wildman–Crippen MR) is 67.6 cm³/mol. The molecule has 0 bridgehead atoms. The fraction of sp³-hybridized carbons (Fsp3) is 0.636. The van der Waals surface area contributed by atoms with Gasteiger partial charge in [-0.3, -0.25) is 0 Å². The van der Waals surface area contributed by atoms with Crippen LogP contribution in [0.25, 0.3) is 0 Å². The molecule has 2 rings (SSSR count). The predicted octanol–water partition coefficient (Wildman–Crippen LogP) is 1.31. The number of anilines is 1. The molecule has 1 aliphatic rings. The molecule has 17 heavy (non-hydrogen) atoms. The van der Waals surface area contributed by atoms with Gasteiger partial charge in [-0.05, 0) is 18.4 Å². The lowest BCUT2D eigenvalue weighted by Crippen LogP contribution is -2.31. The summed E-state index contributed by atoms with van der Waals surface area (Å²) in [4.78, 5) is 10.4. The highest BCUT2D eigenvalue weighted by molar-refractivity contribution is 6.32. The second kappa shape index (κ2) is 4.66. The van der Waals surface area contributed by atoms with Crippen molar-refractivity contribution in [2.45, 2.75) is 13.3 Å². The Hall–Kier alpha value is -1.07. The Kier molecular flexibility index (Phi) is 3.40. The molecule has 0 amide bonds. The summed E-state index contributed by atoms with van der Waals surface area (Å²) in [5.74, 6) is 0.732.